The van der Waals surface area contributed by atoms with Crippen LogP contribution in [0.15, 0.2) is 0 Å². The molecule has 6 N–H and O–H groups in total. The van der Waals surface area contributed by atoms with Crippen molar-refractivity contribution in [3.8, 4) is 0 Å². The molecule has 0 aromatic carbocycles. The van der Waals surface area contributed by atoms with Crippen molar-refractivity contribution in [2.75, 3.05) is 41.3 Å². The van der Waals surface area contributed by atoms with E-state index in [2.05, 4.69) is 21.3 Å². The van der Waals surface area contributed by atoms with Crippen LogP contribution in [0.3, 0.4) is 0 Å². The number of hydrogen-bond acceptors (Lipinski definition) is 12. The molecule has 0 spiro atoms. The third kappa shape index (κ3) is 15.8. The topological polar surface area (TPSA) is 279 Å². The van der Waals surface area contributed by atoms with Crippen molar-refractivity contribution in [3.05, 3.63) is 0 Å². The maximum absolute atomic E-state index is 14.5. The fourth-order valence-corrected chi connectivity index (χ4v) is 10.3. The van der Waals surface area contributed by atoms with Crippen molar-refractivity contribution in [1.82, 2.24) is 50.7 Å². The van der Waals surface area contributed by atoms with Crippen LogP contribution in [-0.2, 0) is 47.9 Å². The van der Waals surface area contributed by atoms with Crippen LogP contribution in [0.4, 0.5) is 0 Å². The number of likely N-dealkylation sites (N-methyl/N-ethyl adjacent to an activating group) is 4. The van der Waals surface area contributed by atoms with Gasteiger partial charge in [0.25, 0.3) is 0 Å². The van der Waals surface area contributed by atoms with E-state index in [0.29, 0.717) is 12.8 Å². The third-order valence-electron chi connectivity index (χ3n) is 14.5. The maximum Gasteiger partial charge on any atom is 0.246 e. The summed E-state index contributed by atoms with van der Waals surface area (Å²) in [7, 11) is 5.43. The molecule has 0 aromatic rings. The summed E-state index contributed by atoms with van der Waals surface area (Å²) in [6, 6.07) is -12.4. The summed E-state index contributed by atoms with van der Waals surface area (Å²) in [5.74, 6) is -7.42. The molecule has 12 atom stereocenters. The van der Waals surface area contributed by atoms with Gasteiger partial charge in [0.15, 0.2) is 0 Å². The number of amides is 10. The predicted octanol–water partition coefficient (Wildman–Crippen LogP) is 0.215. The molecule has 3 heterocycles. The van der Waals surface area contributed by atoms with Crippen LogP contribution < -0.4 is 21.3 Å². The molecule has 74 heavy (non-hydrogen) atoms. The summed E-state index contributed by atoms with van der Waals surface area (Å²) in [6.07, 6.45) is -1.14. The first-order valence-corrected chi connectivity index (χ1v) is 26.6. The molecule has 0 aliphatic carbocycles. The van der Waals surface area contributed by atoms with E-state index in [0.717, 1.165) is 19.6 Å². The molecular formula is C52H90N10O12. The van der Waals surface area contributed by atoms with Crippen LogP contribution in [-0.4, -0.2) is 213 Å². The lowest BCUT2D eigenvalue weighted by Crippen LogP contribution is -2.62. The lowest BCUT2D eigenvalue weighted by molar-refractivity contribution is -0.152. The second-order valence-electron chi connectivity index (χ2n) is 22.7. The number of rotatable bonds is 10. The van der Waals surface area contributed by atoms with Gasteiger partial charge in [0.05, 0.1) is 12.2 Å². The molecule has 0 bridgehead atoms. The highest BCUT2D eigenvalue weighted by Gasteiger charge is 2.46. The second-order valence-corrected chi connectivity index (χ2v) is 22.7. The second kappa shape index (κ2) is 27.4. The molecule has 3 aliphatic rings. The molecule has 420 valence electrons. The van der Waals surface area contributed by atoms with Crippen molar-refractivity contribution < 1.29 is 58.2 Å². The van der Waals surface area contributed by atoms with E-state index in [1.807, 2.05) is 55.4 Å². The van der Waals surface area contributed by atoms with Gasteiger partial charge in [-0.1, -0.05) is 55.4 Å². The molecule has 0 aromatic heterocycles. The molecule has 3 aliphatic heterocycles. The summed E-state index contributed by atoms with van der Waals surface area (Å²) in [5.41, 5.74) is 0. The molecule has 10 amide bonds. The van der Waals surface area contributed by atoms with Crippen molar-refractivity contribution in [1.29, 1.82) is 0 Å². The normalized spacial score (nSPS) is 29.8. The van der Waals surface area contributed by atoms with Gasteiger partial charge in [0.2, 0.25) is 59.1 Å². The van der Waals surface area contributed by atoms with E-state index in [-0.39, 0.29) is 75.3 Å². The monoisotopic (exact) mass is 1050 g/mol. The van der Waals surface area contributed by atoms with Gasteiger partial charge in [-0.05, 0) is 103 Å². The highest BCUT2D eigenvalue weighted by molar-refractivity contribution is 6.00. The number of carbonyl (C=O) groups excluding carboxylic acids is 10. The van der Waals surface area contributed by atoms with Gasteiger partial charge >= 0.3 is 0 Å². The lowest BCUT2D eigenvalue weighted by Gasteiger charge is -2.37. The highest BCUT2D eigenvalue weighted by atomic mass is 16.3. The molecule has 0 saturated carbocycles. The highest BCUT2D eigenvalue weighted by Crippen LogP contribution is 2.26. The fourth-order valence-electron chi connectivity index (χ4n) is 10.3. The summed E-state index contributed by atoms with van der Waals surface area (Å²) in [5, 5.41) is 33.3. The van der Waals surface area contributed by atoms with Gasteiger partial charge < -0.3 is 60.9 Å². The van der Waals surface area contributed by atoms with Crippen LogP contribution in [0.2, 0.25) is 0 Å². The number of aliphatic hydroxyl groups excluding tert-OH is 2. The molecule has 22 nitrogen and oxygen atoms in total. The summed E-state index contributed by atoms with van der Waals surface area (Å²) >= 11 is 0. The van der Waals surface area contributed by atoms with Gasteiger partial charge in [-0.3, -0.25) is 47.9 Å². The average Bonchev–Trinajstić information content (AvgIpc) is 4.01. The van der Waals surface area contributed by atoms with Gasteiger partial charge in [0, 0.05) is 41.3 Å². The lowest BCUT2D eigenvalue weighted by atomic mass is 9.99. The zero-order valence-corrected chi connectivity index (χ0v) is 47.0. The van der Waals surface area contributed by atoms with Crippen LogP contribution in [0.5, 0.6) is 0 Å². The van der Waals surface area contributed by atoms with E-state index >= 15 is 0 Å². The summed E-state index contributed by atoms with van der Waals surface area (Å²) in [6.45, 7) is 20.6. The van der Waals surface area contributed by atoms with Crippen molar-refractivity contribution in [2.24, 2.45) is 23.7 Å². The Hall–Kier alpha value is -5.38. The SMILES string of the molecule is CC(C)C[C@@H]1NC(=O)[C@H]([C@@H](C)O)N(C)C(=O)[C@H]2CCCN2C(=O)[C@H](CC(C)C)NC(=O)[C@H](C)N(C)C(=O)[C@H](CC(C)C)NC(=O)[C@H]([C@@H](C)O)N(C)C(=O)[C@H]2CCCN2C(=O)[C@H](CC(C)C)NC(=O)[C@H](C)N(C)C1=O. The number of nitrogens with zero attached hydrogens (tertiary/aromatic N) is 6. The molecule has 3 rings (SSSR count). The van der Waals surface area contributed by atoms with Gasteiger partial charge in [-0.15, -0.1) is 0 Å². The number of fused-ring (bicyclic) bond motifs is 2. The fraction of sp³-hybridized carbons (Fsp3) is 0.808. The Balaban J connectivity index is 2.20. The minimum Gasteiger partial charge on any atom is -0.391 e. The van der Waals surface area contributed by atoms with Crippen molar-refractivity contribution in [2.45, 2.75) is 207 Å². The number of nitrogens with one attached hydrogen (secondary N) is 4. The zero-order chi connectivity index (χ0) is 56.4. The molecule has 22 heteroatoms. The minimum absolute atomic E-state index is 0.104. The largest absolute Gasteiger partial charge is 0.391 e. The van der Waals surface area contributed by atoms with Gasteiger partial charge in [-0.2, -0.15) is 0 Å². The Labute approximate surface area is 438 Å². The Morgan fingerprint density at radius 2 is 0.662 bits per heavy atom. The predicted molar refractivity (Wildman–Crippen MR) is 276 cm³/mol. The first-order chi connectivity index (χ1) is 34.3. The molecule has 3 fully saturated rings. The average molecular weight is 1050 g/mol. The molecule has 0 unspecified atom stereocenters. The molecule has 0 radical (unpaired) electrons. The number of carbonyl (C=O) groups is 10. The van der Waals surface area contributed by atoms with Gasteiger partial charge in [-0.25, -0.2) is 0 Å². The Morgan fingerprint density at radius 1 is 0.405 bits per heavy atom. The van der Waals surface area contributed by atoms with Crippen LogP contribution in [0.1, 0.15) is 134 Å². The number of hydrogen-bond donors (Lipinski definition) is 6. The van der Waals surface area contributed by atoms with Crippen LogP contribution >= 0.6 is 0 Å². The van der Waals surface area contributed by atoms with Crippen LogP contribution in [0, 0.1) is 23.7 Å². The Bertz CT molecular complexity index is 1890. The summed E-state index contributed by atoms with van der Waals surface area (Å²) in [4.78, 5) is 151. The van der Waals surface area contributed by atoms with E-state index in [9.17, 15) is 58.2 Å². The van der Waals surface area contributed by atoms with E-state index in [1.165, 1.54) is 65.7 Å². The maximum atomic E-state index is 14.5. The third-order valence-corrected chi connectivity index (χ3v) is 14.5. The quantitative estimate of drug-likeness (QED) is 0.172. The molecular weight excluding hydrogens is 957 g/mol. The molecule has 3 saturated heterocycles. The van der Waals surface area contributed by atoms with E-state index < -0.39 is 132 Å². The summed E-state index contributed by atoms with van der Waals surface area (Å²) < 4.78 is 0. The first kappa shape index (κ1) is 62.9. The smallest absolute Gasteiger partial charge is 0.246 e. The first-order valence-electron chi connectivity index (χ1n) is 26.6. The standard InChI is InChI=1S/C52H90N10O12/c1-27(2)23-35-47(69)57(13)31(9)43(65)53-37(25-29(5)6)49(71)62-22-18-20-40(62)52(74)60(16)42(34(12)64)46(68)56-36(24-28(3)4)48(70)58(14)32(10)44(66)54-38(26-30(7)8)50(72)61-21-17-19-39(61)51(73)59(15)41(33(11)63)45(67)55-35/h27-42,63-64H,17-26H2,1-16H3,(H,53,65)(H,54,66)(H,55,67)(H,56,68)/t31-,32-,33+,34+,35-,36-,37-,38-,39+,40+,41-,42-/m0/s1. The van der Waals surface area contributed by atoms with Crippen molar-refractivity contribution in [3.63, 3.8) is 0 Å². The minimum atomic E-state index is -1.53. The zero-order valence-electron chi connectivity index (χ0n) is 47.0. The number of aliphatic hydroxyl groups is 2. The Kier molecular flexibility index (Phi) is 23.3. The van der Waals surface area contributed by atoms with Crippen LogP contribution in [0.25, 0.3) is 0 Å². The van der Waals surface area contributed by atoms with E-state index in [4.69, 9.17) is 0 Å². The van der Waals surface area contributed by atoms with E-state index in [1.54, 1.807) is 0 Å². The van der Waals surface area contributed by atoms with Crippen molar-refractivity contribution >= 4 is 59.1 Å². The Morgan fingerprint density at radius 3 is 0.919 bits per heavy atom. The van der Waals surface area contributed by atoms with Gasteiger partial charge in [0.1, 0.15) is 60.4 Å².